The lowest BCUT2D eigenvalue weighted by Gasteiger charge is -2.40. The van der Waals surface area contributed by atoms with Gasteiger partial charge in [-0.05, 0) is 24.3 Å². The monoisotopic (exact) mass is 330 g/mol. The highest BCUT2D eigenvalue weighted by Crippen LogP contribution is 2.39. The van der Waals surface area contributed by atoms with E-state index < -0.39 is 0 Å². The zero-order chi connectivity index (χ0) is 14.5. The normalized spacial score (nSPS) is 18.6. The molecule has 5 rings (SSSR count). The number of nitrogens with one attached hydrogen (secondary N) is 1. The van der Waals surface area contributed by atoms with Gasteiger partial charge in [0.2, 0.25) is 5.13 Å². The van der Waals surface area contributed by atoms with Gasteiger partial charge in [-0.2, -0.15) is 4.37 Å². The van der Waals surface area contributed by atoms with Crippen LogP contribution in [0.4, 0.5) is 10.9 Å². The molecule has 2 aliphatic rings. The van der Waals surface area contributed by atoms with E-state index in [1.54, 1.807) is 17.7 Å². The van der Waals surface area contributed by atoms with Crippen molar-refractivity contribution < 1.29 is 0 Å². The molecule has 1 aliphatic heterocycles. The maximum Gasteiger partial charge on any atom is 0.202 e. The van der Waals surface area contributed by atoms with Crippen LogP contribution in [0.25, 0.3) is 10.2 Å². The van der Waals surface area contributed by atoms with Gasteiger partial charge in [-0.25, -0.2) is 15.0 Å². The Morgan fingerprint density at radius 2 is 2.14 bits per heavy atom. The fourth-order valence-electron chi connectivity index (χ4n) is 2.72. The first-order valence-corrected chi connectivity index (χ1v) is 9.05. The molecule has 6 nitrogen and oxygen atoms in total. The van der Waals surface area contributed by atoms with Crippen molar-refractivity contribution in [2.45, 2.75) is 24.8 Å². The van der Waals surface area contributed by atoms with E-state index in [9.17, 15) is 0 Å². The summed E-state index contributed by atoms with van der Waals surface area (Å²) >= 11 is 3.18. The topological polar surface area (TPSA) is 66.8 Å². The molecule has 112 valence electrons. The predicted octanol–water partition coefficient (Wildman–Crippen LogP) is 2.72. The van der Waals surface area contributed by atoms with E-state index >= 15 is 0 Å². The minimum Gasteiger partial charge on any atom is -0.354 e. The summed E-state index contributed by atoms with van der Waals surface area (Å²) in [5.41, 5.74) is 1.03. The SMILES string of the molecule is c1nc(N2CC(Nc3nc(C4CC4)ns3)C2)c2sccc2n1. The number of aromatic nitrogens is 4. The first-order valence-electron chi connectivity index (χ1n) is 7.40. The molecule has 1 saturated heterocycles. The summed E-state index contributed by atoms with van der Waals surface area (Å²) in [4.78, 5) is 15.6. The number of fused-ring (bicyclic) bond motifs is 1. The Morgan fingerprint density at radius 3 is 3.00 bits per heavy atom. The molecule has 8 heteroatoms. The molecule has 3 aromatic heterocycles. The Bertz CT molecular complexity index is 817. The largest absolute Gasteiger partial charge is 0.354 e. The van der Waals surface area contributed by atoms with Crippen molar-refractivity contribution >= 4 is 44.0 Å². The van der Waals surface area contributed by atoms with Crippen LogP contribution in [0.3, 0.4) is 0 Å². The lowest BCUT2D eigenvalue weighted by Crippen LogP contribution is -2.55. The molecule has 1 aliphatic carbocycles. The smallest absolute Gasteiger partial charge is 0.202 e. The van der Waals surface area contributed by atoms with Gasteiger partial charge in [-0.3, -0.25) is 0 Å². The molecule has 1 N–H and O–H groups in total. The van der Waals surface area contributed by atoms with Gasteiger partial charge in [-0.1, -0.05) is 0 Å². The van der Waals surface area contributed by atoms with Gasteiger partial charge in [0.25, 0.3) is 0 Å². The Kier molecular flexibility index (Phi) is 2.80. The molecular formula is C14H14N6S2. The van der Waals surface area contributed by atoms with Crippen molar-refractivity contribution in [1.82, 2.24) is 19.3 Å². The number of nitrogens with zero attached hydrogens (tertiary/aromatic N) is 5. The standard InChI is InChI=1S/C14H14N6S2/c1-2-8(1)12-18-14(22-19-12)17-9-5-20(6-9)13-11-10(3-4-21-11)15-7-16-13/h3-4,7-9H,1-2,5-6H2,(H,17,18,19). The Balaban J connectivity index is 1.26. The molecule has 0 radical (unpaired) electrons. The summed E-state index contributed by atoms with van der Waals surface area (Å²) in [6, 6.07) is 2.46. The van der Waals surface area contributed by atoms with Crippen LogP contribution in [0.5, 0.6) is 0 Å². The number of thiophene rings is 1. The number of rotatable bonds is 4. The third-order valence-electron chi connectivity index (χ3n) is 4.12. The van der Waals surface area contributed by atoms with Gasteiger partial charge in [0, 0.05) is 30.5 Å². The van der Waals surface area contributed by atoms with Crippen molar-refractivity contribution in [3.8, 4) is 0 Å². The summed E-state index contributed by atoms with van der Waals surface area (Å²) in [5.74, 6) is 2.70. The number of hydrogen-bond donors (Lipinski definition) is 1. The van der Waals surface area contributed by atoms with Crippen LogP contribution in [-0.2, 0) is 0 Å². The second-order valence-corrected chi connectivity index (χ2v) is 7.48. The summed E-state index contributed by atoms with van der Waals surface area (Å²) < 4.78 is 5.61. The van der Waals surface area contributed by atoms with Crippen LogP contribution < -0.4 is 10.2 Å². The summed E-state index contributed by atoms with van der Waals surface area (Å²) in [7, 11) is 0. The third-order valence-corrected chi connectivity index (χ3v) is 5.68. The van der Waals surface area contributed by atoms with Gasteiger partial charge >= 0.3 is 0 Å². The summed E-state index contributed by atoms with van der Waals surface area (Å²) in [6.07, 6.45) is 4.15. The molecule has 1 saturated carbocycles. The van der Waals surface area contributed by atoms with Crippen molar-refractivity contribution in [3.63, 3.8) is 0 Å². The van der Waals surface area contributed by atoms with E-state index in [1.807, 2.05) is 6.07 Å². The molecule has 0 unspecified atom stereocenters. The predicted molar refractivity (Wildman–Crippen MR) is 88.9 cm³/mol. The van der Waals surface area contributed by atoms with Crippen LogP contribution >= 0.6 is 22.9 Å². The van der Waals surface area contributed by atoms with Crippen LogP contribution in [-0.4, -0.2) is 38.5 Å². The zero-order valence-corrected chi connectivity index (χ0v) is 13.4. The highest BCUT2D eigenvalue weighted by molar-refractivity contribution is 7.17. The lowest BCUT2D eigenvalue weighted by atomic mass is 10.1. The first-order chi connectivity index (χ1) is 10.9. The summed E-state index contributed by atoms with van der Waals surface area (Å²) in [6.45, 7) is 1.89. The van der Waals surface area contributed by atoms with E-state index in [4.69, 9.17) is 0 Å². The molecule has 0 bridgehead atoms. The van der Waals surface area contributed by atoms with E-state index in [0.29, 0.717) is 12.0 Å². The Morgan fingerprint density at radius 1 is 1.23 bits per heavy atom. The molecular weight excluding hydrogens is 316 g/mol. The second-order valence-electron chi connectivity index (χ2n) is 5.81. The maximum atomic E-state index is 4.59. The highest BCUT2D eigenvalue weighted by Gasteiger charge is 2.31. The average molecular weight is 330 g/mol. The van der Waals surface area contributed by atoms with Crippen LogP contribution in [0, 0.1) is 0 Å². The fourth-order valence-corrected chi connectivity index (χ4v) is 4.30. The highest BCUT2D eigenvalue weighted by atomic mass is 32.1. The fraction of sp³-hybridized carbons (Fsp3) is 0.429. The first kappa shape index (κ1) is 12.7. The third kappa shape index (κ3) is 2.14. The van der Waals surface area contributed by atoms with Gasteiger partial charge in [0.05, 0.1) is 16.3 Å². The minimum absolute atomic E-state index is 0.421. The molecule has 0 atom stereocenters. The van der Waals surface area contributed by atoms with Crippen molar-refractivity contribution in [1.29, 1.82) is 0 Å². The Labute approximate surface area is 135 Å². The number of anilines is 2. The van der Waals surface area contributed by atoms with Gasteiger partial charge in [0.1, 0.15) is 18.0 Å². The van der Waals surface area contributed by atoms with E-state index in [-0.39, 0.29) is 0 Å². The van der Waals surface area contributed by atoms with Gasteiger partial charge in [0.15, 0.2) is 0 Å². The minimum atomic E-state index is 0.421. The van der Waals surface area contributed by atoms with E-state index in [2.05, 4.69) is 34.9 Å². The molecule has 0 amide bonds. The quantitative estimate of drug-likeness (QED) is 0.793. The van der Waals surface area contributed by atoms with E-state index in [0.717, 1.165) is 35.4 Å². The van der Waals surface area contributed by atoms with Gasteiger partial charge < -0.3 is 10.2 Å². The number of hydrogen-bond acceptors (Lipinski definition) is 8. The molecule has 4 heterocycles. The molecule has 0 spiro atoms. The molecule has 0 aromatic carbocycles. The summed E-state index contributed by atoms with van der Waals surface area (Å²) in [5, 5.41) is 6.51. The van der Waals surface area contributed by atoms with Crippen LogP contribution in [0.1, 0.15) is 24.6 Å². The molecule has 22 heavy (non-hydrogen) atoms. The van der Waals surface area contributed by atoms with Crippen molar-refractivity contribution in [2.75, 3.05) is 23.3 Å². The van der Waals surface area contributed by atoms with Crippen LogP contribution in [0.15, 0.2) is 17.8 Å². The maximum absolute atomic E-state index is 4.59. The van der Waals surface area contributed by atoms with Gasteiger partial charge in [-0.15, -0.1) is 11.3 Å². The second kappa shape index (κ2) is 4.85. The van der Waals surface area contributed by atoms with Crippen LogP contribution in [0.2, 0.25) is 0 Å². The molecule has 3 aromatic rings. The van der Waals surface area contributed by atoms with E-state index in [1.165, 1.54) is 29.1 Å². The average Bonchev–Trinajstić information content (AvgIpc) is 3.05. The van der Waals surface area contributed by atoms with Crippen molar-refractivity contribution in [3.05, 3.63) is 23.6 Å². The van der Waals surface area contributed by atoms with Crippen molar-refractivity contribution in [2.24, 2.45) is 0 Å². The lowest BCUT2D eigenvalue weighted by molar-refractivity contribution is 0.546. The zero-order valence-electron chi connectivity index (χ0n) is 11.8. The molecule has 2 fully saturated rings. The Hall–Kier alpha value is -1.80.